The number of benzene rings is 3. The van der Waals surface area contributed by atoms with E-state index in [1.165, 1.54) is 12.0 Å². The predicted octanol–water partition coefficient (Wildman–Crippen LogP) is 6.56. The van der Waals surface area contributed by atoms with E-state index in [1.807, 2.05) is 43.3 Å². The van der Waals surface area contributed by atoms with Crippen LogP contribution in [0.3, 0.4) is 0 Å². The Kier molecular flexibility index (Phi) is 8.74. The van der Waals surface area contributed by atoms with Crippen LogP contribution >= 0.6 is 0 Å². The molecule has 0 aliphatic carbocycles. The molecule has 3 rings (SSSR count). The van der Waals surface area contributed by atoms with Crippen LogP contribution in [-0.4, -0.2) is 30.6 Å². The highest BCUT2D eigenvalue weighted by atomic mass is 19.4. The Bertz CT molecular complexity index is 1210. The number of aryl methyl sites for hydroxylation is 1. The van der Waals surface area contributed by atoms with Gasteiger partial charge in [-0.3, -0.25) is 4.79 Å². The molecule has 0 aromatic heterocycles. The van der Waals surface area contributed by atoms with Gasteiger partial charge in [-0.1, -0.05) is 60.2 Å². The van der Waals surface area contributed by atoms with Crippen LogP contribution in [0.1, 0.15) is 34.7 Å². The fraction of sp³-hybridized carbons (Fsp3) is 0.286. The molecule has 36 heavy (non-hydrogen) atoms. The van der Waals surface area contributed by atoms with Crippen LogP contribution in [0.25, 0.3) is 11.1 Å². The summed E-state index contributed by atoms with van der Waals surface area (Å²) >= 11 is 0. The minimum absolute atomic E-state index is 0.112. The van der Waals surface area contributed by atoms with E-state index in [0.29, 0.717) is 23.2 Å². The summed E-state index contributed by atoms with van der Waals surface area (Å²) in [7, 11) is 1.19. The van der Waals surface area contributed by atoms with Crippen molar-refractivity contribution in [3.63, 3.8) is 0 Å². The molecule has 0 bridgehead atoms. The van der Waals surface area contributed by atoms with Crippen LogP contribution in [0.4, 0.5) is 18.0 Å². The molecule has 5 nitrogen and oxygen atoms in total. The zero-order valence-corrected chi connectivity index (χ0v) is 20.4. The van der Waals surface area contributed by atoms with Gasteiger partial charge in [0.15, 0.2) is 0 Å². The second kappa shape index (κ2) is 11.7. The SMILES string of the molecule is CCN(Cc1cc(C)ccc1-c1cc(CC(=O)OC)cc(C(F)(F)F)c1)C(=O)OCc1ccccc1. The average Bonchev–Trinajstić information content (AvgIpc) is 2.85. The lowest BCUT2D eigenvalue weighted by Crippen LogP contribution is -2.31. The zero-order chi connectivity index (χ0) is 26.3. The van der Waals surface area contributed by atoms with E-state index in [4.69, 9.17) is 4.74 Å². The lowest BCUT2D eigenvalue weighted by molar-refractivity contribution is -0.140. The van der Waals surface area contributed by atoms with Gasteiger partial charge in [0.25, 0.3) is 0 Å². The first-order chi connectivity index (χ1) is 17.1. The van der Waals surface area contributed by atoms with Gasteiger partial charge in [-0.05, 0) is 53.8 Å². The fourth-order valence-corrected chi connectivity index (χ4v) is 3.81. The van der Waals surface area contributed by atoms with Gasteiger partial charge in [-0.25, -0.2) is 4.79 Å². The molecule has 0 N–H and O–H groups in total. The standard InChI is InChI=1S/C28H28F3NO4/c1-4-32(27(34)36-18-20-8-6-5-7-9-20)17-23-12-19(2)10-11-25(23)22-13-21(15-26(33)35-3)14-24(16-22)28(29,30)31/h5-14,16H,4,15,17-18H2,1-3H3. The van der Waals surface area contributed by atoms with Gasteiger partial charge in [-0.2, -0.15) is 13.2 Å². The van der Waals surface area contributed by atoms with Gasteiger partial charge in [0.05, 0.1) is 19.1 Å². The van der Waals surface area contributed by atoms with Crippen molar-refractivity contribution in [2.45, 2.75) is 39.6 Å². The van der Waals surface area contributed by atoms with Crippen LogP contribution in [0, 0.1) is 6.92 Å². The smallest absolute Gasteiger partial charge is 0.416 e. The topological polar surface area (TPSA) is 55.8 Å². The molecule has 0 atom stereocenters. The van der Waals surface area contributed by atoms with Crippen molar-refractivity contribution >= 4 is 12.1 Å². The van der Waals surface area contributed by atoms with Gasteiger partial charge in [0, 0.05) is 13.1 Å². The summed E-state index contributed by atoms with van der Waals surface area (Å²) in [6, 6.07) is 18.2. The third-order valence-corrected chi connectivity index (χ3v) is 5.67. The second-order valence-corrected chi connectivity index (χ2v) is 8.38. The third kappa shape index (κ3) is 7.10. The van der Waals surface area contributed by atoms with Crippen LogP contribution in [0.2, 0.25) is 0 Å². The molecule has 0 fully saturated rings. The van der Waals surface area contributed by atoms with Crippen LogP contribution in [0.5, 0.6) is 0 Å². The summed E-state index contributed by atoms with van der Waals surface area (Å²) in [5.74, 6) is -0.636. The summed E-state index contributed by atoms with van der Waals surface area (Å²) in [6.07, 6.45) is -5.41. The Morgan fingerprint density at radius 1 is 0.944 bits per heavy atom. The van der Waals surface area contributed by atoms with E-state index in [2.05, 4.69) is 4.74 Å². The first-order valence-electron chi connectivity index (χ1n) is 11.4. The molecule has 0 saturated heterocycles. The van der Waals surface area contributed by atoms with Crippen LogP contribution in [0.15, 0.2) is 66.7 Å². The number of ether oxygens (including phenoxy) is 2. The fourth-order valence-electron chi connectivity index (χ4n) is 3.81. The molecule has 1 amide bonds. The summed E-state index contributed by atoms with van der Waals surface area (Å²) in [4.78, 5) is 26.0. The maximum absolute atomic E-state index is 13.7. The lowest BCUT2D eigenvalue weighted by Gasteiger charge is -2.23. The molecule has 0 saturated carbocycles. The Hall–Kier alpha value is -3.81. The molecule has 0 spiro atoms. The summed E-state index contributed by atoms with van der Waals surface area (Å²) in [5, 5.41) is 0. The van der Waals surface area contributed by atoms with Crippen molar-refractivity contribution in [3.8, 4) is 11.1 Å². The molecule has 0 aliphatic rings. The Balaban J connectivity index is 1.94. The number of methoxy groups -OCH3 is 1. The van der Waals surface area contributed by atoms with Crippen molar-refractivity contribution < 1.29 is 32.2 Å². The first-order valence-corrected chi connectivity index (χ1v) is 11.4. The number of rotatable bonds is 8. The van der Waals surface area contributed by atoms with Gasteiger partial charge in [0.2, 0.25) is 0 Å². The van der Waals surface area contributed by atoms with E-state index < -0.39 is 23.8 Å². The number of nitrogens with zero attached hydrogens (tertiary/aromatic N) is 1. The number of alkyl halides is 3. The monoisotopic (exact) mass is 499 g/mol. The maximum Gasteiger partial charge on any atom is 0.416 e. The molecule has 3 aromatic rings. The van der Waals surface area contributed by atoms with Gasteiger partial charge < -0.3 is 14.4 Å². The molecule has 0 radical (unpaired) electrons. The average molecular weight is 500 g/mol. The van der Waals surface area contributed by atoms with Crippen molar-refractivity contribution in [1.29, 1.82) is 0 Å². The second-order valence-electron chi connectivity index (χ2n) is 8.38. The van der Waals surface area contributed by atoms with Gasteiger partial charge >= 0.3 is 18.2 Å². The molecule has 0 unspecified atom stereocenters. The van der Waals surface area contributed by atoms with Gasteiger partial charge in [-0.15, -0.1) is 0 Å². The van der Waals surface area contributed by atoms with Crippen LogP contribution < -0.4 is 0 Å². The maximum atomic E-state index is 13.7. The molecule has 0 aliphatic heterocycles. The number of carbonyl (C=O) groups excluding carboxylic acids is 2. The molecule has 190 valence electrons. The van der Waals surface area contributed by atoms with E-state index in [9.17, 15) is 22.8 Å². The van der Waals surface area contributed by atoms with Crippen molar-refractivity contribution in [2.75, 3.05) is 13.7 Å². The predicted molar refractivity (Wildman–Crippen MR) is 130 cm³/mol. The Morgan fingerprint density at radius 2 is 1.67 bits per heavy atom. The minimum atomic E-state index is -4.59. The molecule has 8 heteroatoms. The third-order valence-electron chi connectivity index (χ3n) is 5.67. The molecule has 3 aromatic carbocycles. The number of amides is 1. The summed E-state index contributed by atoms with van der Waals surface area (Å²) in [6.45, 7) is 4.27. The van der Waals surface area contributed by atoms with Crippen molar-refractivity contribution in [2.24, 2.45) is 0 Å². The molecule has 0 heterocycles. The molecular weight excluding hydrogens is 471 g/mol. The zero-order valence-electron chi connectivity index (χ0n) is 20.4. The number of esters is 1. The van der Waals surface area contributed by atoms with Crippen molar-refractivity contribution in [3.05, 3.63) is 94.5 Å². The number of carbonyl (C=O) groups is 2. The Morgan fingerprint density at radius 3 is 2.31 bits per heavy atom. The number of hydrogen-bond acceptors (Lipinski definition) is 4. The highest BCUT2D eigenvalue weighted by Crippen LogP contribution is 2.35. The highest BCUT2D eigenvalue weighted by Gasteiger charge is 2.31. The quantitative estimate of drug-likeness (QED) is 0.330. The van der Waals surface area contributed by atoms with Gasteiger partial charge in [0.1, 0.15) is 6.61 Å². The Labute approximate surface area is 208 Å². The van der Waals surface area contributed by atoms with E-state index in [-0.39, 0.29) is 25.1 Å². The van der Waals surface area contributed by atoms with Crippen molar-refractivity contribution in [1.82, 2.24) is 4.90 Å². The summed E-state index contributed by atoms with van der Waals surface area (Å²) in [5.41, 5.74) is 2.56. The first kappa shape index (κ1) is 26.8. The van der Waals surface area contributed by atoms with E-state index >= 15 is 0 Å². The number of hydrogen-bond donors (Lipinski definition) is 0. The number of halogens is 3. The minimum Gasteiger partial charge on any atom is -0.469 e. The normalized spacial score (nSPS) is 11.2. The highest BCUT2D eigenvalue weighted by molar-refractivity contribution is 5.75. The summed E-state index contributed by atoms with van der Waals surface area (Å²) < 4.78 is 51.1. The van der Waals surface area contributed by atoms with E-state index in [1.54, 1.807) is 25.1 Å². The van der Waals surface area contributed by atoms with E-state index in [0.717, 1.165) is 23.3 Å². The molecular formula is C28H28F3NO4. The largest absolute Gasteiger partial charge is 0.469 e. The van der Waals surface area contributed by atoms with Crippen LogP contribution in [-0.2, 0) is 40.0 Å². The lowest BCUT2D eigenvalue weighted by atomic mass is 9.93.